The molecule has 2 heterocycles. The molecule has 0 radical (unpaired) electrons. The lowest BCUT2D eigenvalue weighted by Crippen LogP contribution is -2.35. The summed E-state index contributed by atoms with van der Waals surface area (Å²) in [7, 11) is -2.57. The summed E-state index contributed by atoms with van der Waals surface area (Å²) in [6.07, 6.45) is 3.73. The number of hydrogen-bond donors (Lipinski definition) is 1. The Hall–Kier alpha value is -3.23. The highest BCUT2D eigenvalue weighted by molar-refractivity contribution is 7.89. The van der Waals surface area contributed by atoms with Gasteiger partial charge in [-0.15, -0.1) is 0 Å². The molecule has 1 atom stereocenters. The van der Waals surface area contributed by atoms with E-state index in [0.29, 0.717) is 31.5 Å². The zero-order valence-electron chi connectivity index (χ0n) is 17.6. The van der Waals surface area contributed by atoms with Crippen LogP contribution in [0.4, 0.5) is 5.69 Å². The van der Waals surface area contributed by atoms with E-state index in [0.717, 1.165) is 22.4 Å². The average Bonchev–Trinajstić information content (AvgIpc) is 3.41. The van der Waals surface area contributed by atoms with Gasteiger partial charge in [-0.2, -0.15) is 0 Å². The van der Waals surface area contributed by atoms with Gasteiger partial charge in [0.05, 0.1) is 12.8 Å². The molecule has 1 amide bonds. The number of methoxy groups -OCH3 is 1. The molecule has 2 aromatic carbocycles. The Morgan fingerprint density at radius 1 is 1.09 bits per heavy atom. The zero-order chi connectivity index (χ0) is 22.5. The summed E-state index contributed by atoms with van der Waals surface area (Å²) in [5, 5.41) is 5.37. The lowest BCUT2D eigenvalue weighted by molar-refractivity contribution is -0.122. The standard InChI is InChI=1S/C24H23N3O4S/c1-31-22-13-17-7-9-27(21(17)14-23(22)32(25,29)30)24(28)19-10-15-5-6-16(11-18(15)12-19)20-4-2-3-8-26-20/h2-6,8,11,13-14,19H,7,9-10,12H2,1H3,(H2,25,29,30). The summed E-state index contributed by atoms with van der Waals surface area (Å²) in [4.78, 5) is 19.5. The van der Waals surface area contributed by atoms with Gasteiger partial charge in [0.25, 0.3) is 0 Å². The lowest BCUT2D eigenvalue weighted by Gasteiger charge is -2.22. The van der Waals surface area contributed by atoms with Gasteiger partial charge in [0.15, 0.2) is 0 Å². The maximum absolute atomic E-state index is 13.5. The molecule has 5 rings (SSSR count). The monoisotopic (exact) mass is 449 g/mol. The van der Waals surface area contributed by atoms with Crippen molar-refractivity contribution in [1.29, 1.82) is 0 Å². The van der Waals surface area contributed by atoms with Crippen LogP contribution in [0.1, 0.15) is 16.7 Å². The molecule has 8 heteroatoms. The summed E-state index contributed by atoms with van der Waals surface area (Å²) in [6.45, 7) is 0.511. The van der Waals surface area contributed by atoms with Crippen LogP contribution in [0.15, 0.2) is 59.6 Å². The number of carbonyl (C=O) groups is 1. The predicted octanol–water partition coefficient (Wildman–Crippen LogP) is 2.71. The number of nitrogens with zero attached hydrogens (tertiary/aromatic N) is 2. The normalized spacial score (nSPS) is 17.2. The summed E-state index contributed by atoms with van der Waals surface area (Å²) in [5.41, 5.74) is 5.76. The number of carbonyl (C=O) groups excluding carboxylic acids is 1. The molecular formula is C24H23N3O4S. The largest absolute Gasteiger partial charge is 0.495 e. The van der Waals surface area contributed by atoms with Crippen LogP contribution in [0.3, 0.4) is 0 Å². The number of sulfonamides is 1. The first-order chi connectivity index (χ1) is 15.3. The molecular weight excluding hydrogens is 426 g/mol. The van der Waals surface area contributed by atoms with E-state index in [1.807, 2.05) is 24.3 Å². The first kappa shape index (κ1) is 20.7. The molecule has 7 nitrogen and oxygen atoms in total. The maximum atomic E-state index is 13.5. The van der Waals surface area contributed by atoms with Crippen LogP contribution >= 0.6 is 0 Å². The van der Waals surface area contributed by atoms with Gasteiger partial charge >= 0.3 is 0 Å². The van der Waals surface area contributed by atoms with Gasteiger partial charge in [-0.3, -0.25) is 9.78 Å². The van der Waals surface area contributed by atoms with Crippen LogP contribution in [0.25, 0.3) is 11.3 Å². The van der Waals surface area contributed by atoms with E-state index in [2.05, 4.69) is 17.1 Å². The molecule has 2 aliphatic rings. The minimum Gasteiger partial charge on any atom is -0.495 e. The highest BCUT2D eigenvalue weighted by Gasteiger charge is 2.35. The van der Waals surface area contributed by atoms with Crippen molar-refractivity contribution in [3.05, 3.63) is 71.4 Å². The molecule has 1 aliphatic heterocycles. The molecule has 2 N–H and O–H groups in total. The molecule has 0 fully saturated rings. The number of benzene rings is 2. The molecule has 32 heavy (non-hydrogen) atoms. The van der Waals surface area contributed by atoms with Gasteiger partial charge in [0, 0.05) is 29.9 Å². The minimum absolute atomic E-state index is 0.00451. The lowest BCUT2D eigenvalue weighted by atomic mass is 10.0. The second-order valence-electron chi connectivity index (χ2n) is 8.22. The van der Waals surface area contributed by atoms with Gasteiger partial charge in [0.1, 0.15) is 10.6 Å². The molecule has 0 bridgehead atoms. The van der Waals surface area contributed by atoms with Crippen LogP contribution < -0.4 is 14.8 Å². The number of rotatable bonds is 4. The zero-order valence-corrected chi connectivity index (χ0v) is 18.4. The van der Waals surface area contributed by atoms with Crippen molar-refractivity contribution in [3.63, 3.8) is 0 Å². The fraction of sp³-hybridized carbons (Fsp3) is 0.250. The fourth-order valence-corrected chi connectivity index (χ4v) is 5.41. The van der Waals surface area contributed by atoms with Gasteiger partial charge in [0.2, 0.25) is 15.9 Å². The van der Waals surface area contributed by atoms with Crippen molar-refractivity contribution in [2.75, 3.05) is 18.6 Å². The van der Waals surface area contributed by atoms with Gasteiger partial charge in [-0.05, 0) is 66.3 Å². The van der Waals surface area contributed by atoms with Crippen LogP contribution in [0.2, 0.25) is 0 Å². The van der Waals surface area contributed by atoms with E-state index >= 15 is 0 Å². The number of ether oxygens (including phenoxy) is 1. The highest BCUT2D eigenvalue weighted by Crippen LogP contribution is 2.39. The van der Waals surface area contributed by atoms with E-state index in [9.17, 15) is 13.2 Å². The minimum atomic E-state index is -3.98. The summed E-state index contributed by atoms with van der Waals surface area (Å²) in [5.74, 6) is 0.0238. The topological polar surface area (TPSA) is 103 Å². The third kappa shape index (κ3) is 3.55. The van der Waals surface area contributed by atoms with Crippen LogP contribution in [0.5, 0.6) is 5.75 Å². The Labute approximate surface area is 186 Å². The average molecular weight is 450 g/mol. The van der Waals surface area contributed by atoms with Crippen molar-refractivity contribution in [3.8, 4) is 17.0 Å². The molecule has 164 valence electrons. The van der Waals surface area contributed by atoms with Crippen LogP contribution in [-0.2, 0) is 34.1 Å². The van der Waals surface area contributed by atoms with Crippen molar-refractivity contribution < 1.29 is 17.9 Å². The predicted molar refractivity (Wildman–Crippen MR) is 121 cm³/mol. The Bertz CT molecular complexity index is 1320. The molecule has 1 aromatic heterocycles. The highest BCUT2D eigenvalue weighted by atomic mass is 32.2. The molecule has 1 aliphatic carbocycles. The van der Waals surface area contributed by atoms with E-state index in [-0.39, 0.29) is 22.5 Å². The smallest absolute Gasteiger partial charge is 0.241 e. The molecule has 3 aromatic rings. The second-order valence-corrected chi connectivity index (χ2v) is 9.75. The third-order valence-electron chi connectivity index (χ3n) is 6.28. The summed E-state index contributed by atoms with van der Waals surface area (Å²) < 4.78 is 29.3. The number of amides is 1. The Morgan fingerprint density at radius 3 is 2.62 bits per heavy atom. The van der Waals surface area contributed by atoms with Crippen molar-refractivity contribution in [2.24, 2.45) is 11.1 Å². The quantitative estimate of drug-likeness (QED) is 0.660. The molecule has 0 saturated carbocycles. The van der Waals surface area contributed by atoms with Crippen molar-refractivity contribution in [2.45, 2.75) is 24.2 Å². The van der Waals surface area contributed by atoms with Gasteiger partial charge in [-0.25, -0.2) is 13.6 Å². The van der Waals surface area contributed by atoms with E-state index in [4.69, 9.17) is 9.88 Å². The molecule has 1 unspecified atom stereocenters. The van der Waals surface area contributed by atoms with Gasteiger partial charge in [-0.1, -0.05) is 18.2 Å². The summed E-state index contributed by atoms with van der Waals surface area (Å²) >= 11 is 0. The van der Waals surface area contributed by atoms with E-state index in [1.54, 1.807) is 17.2 Å². The second kappa shape index (κ2) is 7.72. The van der Waals surface area contributed by atoms with Gasteiger partial charge < -0.3 is 9.64 Å². The first-order valence-corrected chi connectivity index (χ1v) is 12.0. The van der Waals surface area contributed by atoms with Crippen molar-refractivity contribution in [1.82, 2.24) is 4.98 Å². The number of aromatic nitrogens is 1. The number of nitrogens with two attached hydrogens (primary N) is 1. The fourth-order valence-electron chi connectivity index (χ4n) is 4.71. The Morgan fingerprint density at radius 2 is 1.91 bits per heavy atom. The molecule has 0 spiro atoms. The van der Waals surface area contributed by atoms with Crippen LogP contribution in [0, 0.1) is 5.92 Å². The summed E-state index contributed by atoms with van der Waals surface area (Å²) in [6, 6.07) is 15.2. The van der Waals surface area contributed by atoms with E-state index < -0.39 is 10.0 Å². The molecule has 0 saturated heterocycles. The van der Waals surface area contributed by atoms with Crippen LogP contribution in [-0.4, -0.2) is 33.0 Å². The Balaban J connectivity index is 1.42. The van der Waals surface area contributed by atoms with Crippen molar-refractivity contribution >= 4 is 21.6 Å². The number of fused-ring (bicyclic) bond motifs is 2. The third-order valence-corrected chi connectivity index (χ3v) is 7.21. The Kier molecular flexibility index (Phi) is 4.98. The number of hydrogen-bond acceptors (Lipinski definition) is 5. The van der Waals surface area contributed by atoms with E-state index in [1.165, 1.54) is 18.7 Å². The first-order valence-electron chi connectivity index (χ1n) is 10.4. The maximum Gasteiger partial charge on any atom is 0.241 e. The number of primary sulfonamides is 1. The SMILES string of the molecule is COc1cc2c(cc1S(N)(=O)=O)N(C(=O)C1Cc3ccc(-c4ccccn4)cc3C1)CC2. The number of anilines is 1. The number of pyridine rings is 1.